The van der Waals surface area contributed by atoms with Gasteiger partial charge in [-0.05, 0) is 87.8 Å². The van der Waals surface area contributed by atoms with Gasteiger partial charge in [0.15, 0.2) is 0 Å². The Balaban J connectivity index is 0.000000229. The van der Waals surface area contributed by atoms with Crippen molar-refractivity contribution < 1.29 is 41.3 Å². The van der Waals surface area contributed by atoms with E-state index in [0.29, 0.717) is 5.69 Å². The average Bonchev–Trinajstić information content (AvgIpc) is 3.04. The predicted molar refractivity (Wildman–Crippen MR) is 179 cm³/mol. The Morgan fingerprint density at radius 3 is 1.91 bits per heavy atom. The van der Waals surface area contributed by atoms with Crippen LogP contribution in [0.4, 0.5) is 15.3 Å². The van der Waals surface area contributed by atoms with Crippen molar-refractivity contribution in [2.75, 3.05) is 24.3 Å². The van der Waals surface area contributed by atoms with E-state index in [0.717, 1.165) is 11.3 Å². The van der Waals surface area contributed by atoms with Crippen LogP contribution in [-0.2, 0) is 30.5 Å². The molecule has 2 fully saturated rings. The third kappa shape index (κ3) is 11.8. The number of benzene rings is 3. The van der Waals surface area contributed by atoms with Crippen molar-refractivity contribution in [1.29, 1.82) is 0 Å². The van der Waals surface area contributed by atoms with E-state index < -0.39 is 18.4 Å². The van der Waals surface area contributed by atoms with E-state index in [-0.39, 0.29) is 17.2 Å². The minimum atomic E-state index is -5.06. The van der Waals surface area contributed by atoms with E-state index in [1.165, 1.54) is 94.2 Å². The SMILES string of the molecule is CN(C)c1ccccc1[PH+](C1CCCCC1)C1CCCCC1.O=C(Nc1cc[c-]cc1)c1ccc(OS(=O)(=O)F)cc1.[Cl][Au]. The quantitative estimate of drug-likeness (QED) is 0.107. The third-order valence-electron chi connectivity index (χ3n) is 8.08. The Morgan fingerprint density at radius 2 is 1.41 bits per heavy atom. The molecule has 244 valence electrons. The molecule has 5 rings (SSSR count). The molecule has 0 radical (unpaired) electrons. The first-order chi connectivity index (χ1) is 21.2. The Kier molecular flexibility index (Phi) is 15.7. The number of hydrogen-bond donors (Lipinski definition) is 1. The molecule has 0 aliphatic heterocycles. The van der Waals surface area contributed by atoms with Crippen LogP contribution >= 0.6 is 17.1 Å². The van der Waals surface area contributed by atoms with E-state index in [2.05, 4.69) is 68.0 Å². The Hall–Kier alpha value is -1.93. The zero-order valence-electron chi connectivity index (χ0n) is 25.2. The minimum absolute atomic E-state index is 0.210. The van der Waals surface area contributed by atoms with Gasteiger partial charge < -0.3 is 14.4 Å². The van der Waals surface area contributed by atoms with Gasteiger partial charge in [-0.15, -0.1) is 12.1 Å². The van der Waals surface area contributed by atoms with E-state index in [1.54, 1.807) is 49.6 Å². The zero-order valence-corrected chi connectivity index (χ0v) is 29.9. The first-order valence-corrected chi connectivity index (χ1v) is 20.6. The van der Waals surface area contributed by atoms with Gasteiger partial charge in [0.2, 0.25) is 0 Å². The van der Waals surface area contributed by atoms with Crippen LogP contribution in [0.5, 0.6) is 5.75 Å². The van der Waals surface area contributed by atoms with Gasteiger partial charge in [-0.3, -0.25) is 4.79 Å². The number of para-hydroxylation sites is 1. The summed E-state index contributed by atoms with van der Waals surface area (Å²) in [5.41, 5.74) is 4.44. The molecule has 3 aromatic carbocycles. The molecule has 0 saturated heterocycles. The van der Waals surface area contributed by atoms with E-state index in [1.807, 2.05) is 0 Å². The van der Waals surface area contributed by atoms with Crippen molar-refractivity contribution in [2.45, 2.75) is 75.5 Å². The van der Waals surface area contributed by atoms with Crippen molar-refractivity contribution in [3.05, 3.63) is 84.4 Å². The topological polar surface area (TPSA) is 75.7 Å². The van der Waals surface area contributed by atoms with Crippen molar-refractivity contribution in [2.24, 2.45) is 0 Å². The first-order valence-electron chi connectivity index (χ1n) is 15.0. The maximum absolute atomic E-state index is 12.3. The predicted octanol–water partition coefficient (Wildman–Crippen LogP) is 8.28. The van der Waals surface area contributed by atoms with Crippen LogP contribution < -0.4 is 19.7 Å². The summed E-state index contributed by atoms with van der Waals surface area (Å²) in [4.78, 5) is 14.2. The van der Waals surface area contributed by atoms with Gasteiger partial charge in [-0.2, -0.15) is 26.6 Å². The molecule has 6 nitrogen and oxygen atoms in total. The Labute approximate surface area is 280 Å². The second kappa shape index (κ2) is 18.9. The normalized spacial score (nSPS) is 15.7. The number of nitrogens with zero attached hydrogens (tertiary/aromatic N) is 1. The van der Waals surface area contributed by atoms with Gasteiger partial charge in [0.1, 0.15) is 11.1 Å². The molecule has 1 amide bonds. The maximum atomic E-state index is 12.3. The molecular formula is C33H42AuClFN2O4PS. The summed E-state index contributed by atoms with van der Waals surface area (Å²) in [7, 11) is 3.53. The number of nitrogens with one attached hydrogen (secondary N) is 1. The van der Waals surface area contributed by atoms with Crippen molar-refractivity contribution in [3.63, 3.8) is 0 Å². The molecule has 44 heavy (non-hydrogen) atoms. The molecule has 3 aromatic rings. The van der Waals surface area contributed by atoms with E-state index in [4.69, 9.17) is 0 Å². The number of carbonyl (C=O) groups is 1. The summed E-state index contributed by atoms with van der Waals surface area (Å²) >= 11 is 1.75. The van der Waals surface area contributed by atoms with Gasteiger partial charge in [0.25, 0.3) is 5.91 Å². The number of halogens is 2. The zero-order chi connectivity index (χ0) is 32.0. The van der Waals surface area contributed by atoms with Gasteiger partial charge in [-0.1, -0.05) is 34.5 Å². The molecule has 0 spiro atoms. The van der Waals surface area contributed by atoms with Crippen molar-refractivity contribution in [1.82, 2.24) is 0 Å². The van der Waals surface area contributed by atoms with Crippen molar-refractivity contribution >= 4 is 50.2 Å². The second-order valence-electron chi connectivity index (χ2n) is 11.3. The summed E-state index contributed by atoms with van der Waals surface area (Å²) in [6.45, 7) is 0. The van der Waals surface area contributed by atoms with Gasteiger partial charge >= 0.3 is 39.7 Å². The van der Waals surface area contributed by atoms with E-state index >= 15 is 0 Å². The fraction of sp³-hybridized carbons (Fsp3) is 0.424. The molecule has 0 heterocycles. The summed E-state index contributed by atoms with van der Waals surface area (Å²) in [5.74, 6) is -0.593. The molecule has 0 aromatic heterocycles. The fourth-order valence-electron chi connectivity index (χ4n) is 6.16. The number of anilines is 2. The molecule has 0 unspecified atom stereocenters. The summed E-state index contributed by atoms with van der Waals surface area (Å²) in [6.07, 6.45) is 14.9. The molecule has 0 bridgehead atoms. The summed E-state index contributed by atoms with van der Waals surface area (Å²) < 4.78 is 36.9. The van der Waals surface area contributed by atoms with E-state index in [9.17, 15) is 17.1 Å². The molecule has 2 saturated carbocycles. The molecule has 2 aliphatic carbocycles. The second-order valence-corrected chi connectivity index (χ2v) is 15.3. The fourth-order valence-corrected chi connectivity index (χ4v) is 11.0. The average molecular weight is 845 g/mol. The first kappa shape index (κ1) is 36.5. The number of carbonyl (C=O) groups excluding carboxylic acids is 1. The van der Waals surface area contributed by atoms with Crippen LogP contribution in [0.3, 0.4) is 0 Å². The molecule has 2 aliphatic rings. The summed E-state index contributed by atoms with van der Waals surface area (Å²) in [6, 6.07) is 23.8. The molecule has 0 atom stereocenters. The van der Waals surface area contributed by atoms with Crippen LogP contribution in [0.25, 0.3) is 0 Å². The monoisotopic (exact) mass is 844 g/mol. The standard InChI is InChI=1S/C20H32NP.C13H9FNO4S.Au.ClH/c1-21(2)19-15-9-10-16-20(19)22(17-11-5-3-6-12-17)18-13-7-4-8-14-18;14-20(17,18)19-12-8-6-10(7-9-12)13(16)15-11-4-2-1-3-5-11;;/h9-10,15-18H,3-8,11-14H2,1-2H3;2-9H,(H,15,16);;1H/q;-1;+1;. The van der Waals surface area contributed by atoms with Crippen LogP contribution in [0.2, 0.25) is 0 Å². The Morgan fingerprint density at radius 1 is 0.886 bits per heavy atom. The third-order valence-corrected chi connectivity index (χ3v) is 12.4. The molecule has 11 heteroatoms. The van der Waals surface area contributed by atoms with Crippen LogP contribution in [0, 0.1) is 6.07 Å². The number of amides is 1. The Bertz CT molecular complexity index is 1370. The van der Waals surface area contributed by atoms with Crippen LogP contribution in [-0.4, -0.2) is 39.7 Å². The van der Waals surface area contributed by atoms with Crippen LogP contribution in [0.15, 0.2) is 72.8 Å². The van der Waals surface area contributed by atoms with Gasteiger partial charge in [0, 0.05) is 27.6 Å². The molecular weight excluding hydrogens is 803 g/mol. The summed E-state index contributed by atoms with van der Waals surface area (Å²) in [5, 5.41) is 4.38. The molecule has 1 N–H and O–H groups in total. The van der Waals surface area contributed by atoms with Gasteiger partial charge in [-0.25, -0.2) is 0 Å². The number of hydrogen-bond acceptors (Lipinski definition) is 5. The number of rotatable bonds is 8. The van der Waals surface area contributed by atoms with Crippen LogP contribution in [0.1, 0.15) is 74.6 Å². The van der Waals surface area contributed by atoms with Gasteiger partial charge in [0.05, 0.1) is 17.0 Å². The van der Waals surface area contributed by atoms with Crippen molar-refractivity contribution in [3.8, 4) is 5.75 Å².